The normalized spacial score (nSPS) is 15.3. The lowest BCUT2D eigenvalue weighted by Gasteiger charge is -2.45. The molecule has 5 nitrogen and oxygen atoms in total. The van der Waals surface area contributed by atoms with Crippen LogP contribution >= 0.6 is 0 Å². The minimum Gasteiger partial charge on any atom is -0.311 e. The van der Waals surface area contributed by atoms with E-state index in [1.54, 1.807) is 59.2 Å². The zero-order valence-electron chi connectivity index (χ0n) is 79.5. The average molecular weight is 1380 g/mol. The Morgan fingerprint density at radius 1 is 0.292 bits per heavy atom. The summed E-state index contributed by atoms with van der Waals surface area (Å²) >= 11 is 0. The molecule has 0 atom stereocenters. The lowest BCUT2D eigenvalue weighted by Crippen LogP contribution is -2.61. The summed E-state index contributed by atoms with van der Waals surface area (Å²) in [6.07, 6.45) is 0. The van der Waals surface area contributed by atoms with Gasteiger partial charge in [0.05, 0.1) is 63.6 Å². The molecule has 18 aromatic rings. The second-order valence-electron chi connectivity index (χ2n) is 27.6. The van der Waals surface area contributed by atoms with E-state index in [9.17, 15) is 24.7 Å². The van der Waals surface area contributed by atoms with Gasteiger partial charge in [-0.1, -0.05) is 281 Å². The molecule has 0 bridgehead atoms. The van der Waals surface area contributed by atoms with Crippen LogP contribution in [0.3, 0.4) is 0 Å². The SMILES string of the molecule is [2H]c1c([2H])c([2H])c(-c2ccc3c(c2)N(c2c(-c4ccccc4)cc(C(C)(C)C)cc2-c2ccccc2)c2cc(-n4c5c([2H])c([2H])c([2H])c([2H])c5c5c([2H])c([2H])c([2H])c([2H])c54)cc4c2B3c2ccc(-n3c5ccc(N(c6ccccc6)c6c([2H])c([2H])c([2H])c([2H])c6[2H])cc5c5c([2H])c([2H])c([2H])c([2H])c53)cc2N4c2cc(-c3ccccc3)cc(-c3ccccc3)c2)c([2H])c1[2H]. The highest BCUT2D eigenvalue weighted by atomic mass is 15.2. The first-order valence-electron chi connectivity index (χ1n) is 46.0. The highest BCUT2D eigenvalue weighted by molar-refractivity contribution is 7.00. The first kappa shape index (κ1) is 43.5. The van der Waals surface area contributed by atoms with Gasteiger partial charge in [-0.05, 0) is 193 Å². The molecule has 0 aliphatic carbocycles. The monoisotopic (exact) mass is 1380 g/mol. The predicted octanol–water partition coefficient (Wildman–Crippen LogP) is 25.1. The second-order valence-corrected chi connectivity index (χ2v) is 27.6. The lowest BCUT2D eigenvalue weighted by atomic mass is 9.33. The fraction of sp³-hybridized carbons (Fsp3) is 0.0400. The topological polar surface area (TPSA) is 19.6 Å². The zero-order chi connectivity index (χ0) is 89.7. The Morgan fingerprint density at radius 3 is 1.31 bits per heavy atom. The second kappa shape index (κ2) is 25.2. The fourth-order valence-electron chi connectivity index (χ4n) is 15.8. The Morgan fingerprint density at radius 2 is 0.755 bits per heavy atom. The summed E-state index contributed by atoms with van der Waals surface area (Å²) in [7, 11) is 0. The number of anilines is 9. The summed E-state index contributed by atoms with van der Waals surface area (Å²) in [6.45, 7) is 5.46. The third kappa shape index (κ3) is 10.4. The molecule has 0 saturated heterocycles. The van der Waals surface area contributed by atoms with Crippen LogP contribution in [0, 0.1) is 0 Å². The standard InChI is InChI=1S/C100H72BN5/c1-100(2,3)75-61-85(70-37-17-7-18-38-70)99(86(62-75)71-39-19-8-20-40-71)106-94-60-72(67-31-11-4-12-32-67)51-54-88(94)101-89-55-52-79(103-92-50-30-27-47-84(92)87-63-78(53-56-93(87)103)102(76-41-21-9-22-42-76)77-43-23-10-24-44-77)64-95(89)105(80-58-73(68-33-13-5-14-34-68)57-74(59-80)69-35-15-6-16-36-69)96-65-81(66-97(106)98(96)101)104-90-48-28-25-45-82(90)83-46-26-29-49-91(83)104/h4-66H,1-3H3/i4D,9D,11D,12D,21D,22D,25D,26D,27D,28D,29D,30D,31D,32D,41D,42D,45D,46D,47D,48D,49D,50D. The third-order valence-corrected chi connectivity index (χ3v) is 20.5. The van der Waals surface area contributed by atoms with E-state index >= 15 is 0 Å². The number of benzene rings is 16. The molecular weight excluding hydrogens is 1280 g/mol. The van der Waals surface area contributed by atoms with Gasteiger partial charge in [0.1, 0.15) is 0 Å². The number of rotatable bonds is 12. The number of aromatic nitrogens is 2. The van der Waals surface area contributed by atoms with E-state index in [4.69, 9.17) is 5.48 Å². The number of para-hydroxylation sites is 5. The van der Waals surface area contributed by atoms with Crippen molar-refractivity contribution in [3.63, 3.8) is 0 Å². The molecule has 2 aliphatic heterocycles. The number of nitrogens with zero attached hydrogens (tertiary/aromatic N) is 5. The molecule has 4 heterocycles. The molecule has 0 N–H and O–H groups in total. The smallest absolute Gasteiger partial charge is 0.252 e. The van der Waals surface area contributed by atoms with Crippen molar-refractivity contribution >= 4 is 118 Å². The highest BCUT2D eigenvalue weighted by Gasteiger charge is 2.46. The van der Waals surface area contributed by atoms with Crippen LogP contribution in [0.4, 0.5) is 51.2 Å². The minimum absolute atomic E-state index is 0.0437. The molecule has 0 saturated carbocycles. The number of hydrogen-bond donors (Lipinski definition) is 0. The molecule has 2 aliphatic rings. The molecular formula is C100H72BN5. The molecule has 16 aromatic carbocycles. The van der Waals surface area contributed by atoms with Crippen LogP contribution in [0.2, 0.25) is 0 Å². The zero-order valence-corrected chi connectivity index (χ0v) is 57.5. The van der Waals surface area contributed by atoms with Crippen molar-refractivity contribution in [2.75, 3.05) is 14.7 Å². The molecule has 2 aromatic heterocycles. The van der Waals surface area contributed by atoms with Gasteiger partial charge >= 0.3 is 0 Å². The number of hydrogen-bond acceptors (Lipinski definition) is 3. The van der Waals surface area contributed by atoms with Crippen molar-refractivity contribution in [1.29, 1.82) is 0 Å². The van der Waals surface area contributed by atoms with Crippen molar-refractivity contribution in [2.45, 2.75) is 26.2 Å². The average Bonchev–Trinajstić information content (AvgIpc) is 1.07. The van der Waals surface area contributed by atoms with Crippen molar-refractivity contribution < 1.29 is 30.2 Å². The summed E-state index contributed by atoms with van der Waals surface area (Å²) in [5.74, 6) is 0. The molecule has 0 radical (unpaired) electrons. The summed E-state index contributed by atoms with van der Waals surface area (Å²) in [4.78, 5) is 5.74. The Kier molecular flexibility index (Phi) is 10.4. The van der Waals surface area contributed by atoms with E-state index in [1.807, 2.05) is 164 Å². The van der Waals surface area contributed by atoms with Gasteiger partial charge in [-0.3, -0.25) is 0 Å². The van der Waals surface area contributed by atoms with Crippen molar-refractivity contribution in [1.82, 2.24) is 9.13 Å². The molecule has 6 heteroatoms. The summed E-state index contributed by atoms with van der Waals surface area (Å²) in [5.41, 5.74) is 12.4. The van der Waals surface area contributed by atoms with E-state index in [0.29, 0.717) is 78.5 Å². The van der Waals surface area contributed by atoms with Crippen LogP contribution in [0.1, 0.15) is 56.5 Å². The predicted molar refractivity (Wildman–Crippen MR) is 450 cm³/mol. The number of fused-ring (bicyclic) bond motifs is 10. The summed E-state index contributed by atoms with van der Waals surface area (Å²) in [5, 5.41) is -0.000966. The van der Waals surface area contributed by atoms with Gasteiger partial charge in [-0.2, -0.15) is 0 Å². The van der Waals surface area contributed by atoms with E-state index in [-0.39, 0.29) is 66.3 Å². The van der Waals surface area contributed by atoms with Crippen LogP contribution in [0.5, 0.6) is 0 Å². The Bertz CT molecular complexity index is 7590. The maximum Gasteiger partial charge on any atom is 0.252 e. The third-order valence-electron chi connectivity index (χ3n) is 20.5. The summed E-state index contributed by atoms with van der Waals surface area (Å²) < 4.78 is 212. The van der Waals surface area contributed by atoms with Gasteiger partial charge in [-0.15, -0.1) is 0 Å². The van der Waals surface area contributed by atoms with E-state index in [2.05, 4.69) is 60.9 Å². The lowest BCUT2D eigenvalue weighted by molar-refractivity contribution is 0.591. The van der Waals surface area contributed by atoms with Gasteiger partial charge < -0.3 is 23.8 Å². The van der Waals surface area contributed by atoms with Gasteiger partial charge in [-0.25, -0.2) is 0 Å². The largest absolute Gasteiger partial charge is 0.311 e. The van der Waals surface area contributed by atoms with Crippen LogP contribution in [0.15, 0.2) is 382 Å². The van der Waals surface area contributed by atoms with Crippen molar-refractivity contribution in [3.05, 3.63) is 387 Å². The first-order valence-corrected chi connectivity index (χ1v) is 35.0. The van der Waals surface area contributed by atoms with Crippen molar-refractivity contribution in [2.24, 2.45) is 0 Å². The Hall–Kier alpha value is -13.4. The fourth-order valence-corrected chi connectivity index (χ4v) is 15.8. The highest BCUT2D eigenvalue weighted by Crippen LogP contribution is 2.54. The molecule has 106 heavy (non-hydrogen) atoms. The van der Waals surface area contributed by atoms with Crippen LogP contribution < -0.4 is 31.1 Å². The first-order chi connectivity index (χ1) is 61.4. The minimum atomic E-state index is -0.939. The molecule has 0 fully saturated rings. The van der Waals surface area contributed by atoms with E-state index in [1.165, 1.54) is 9.47 Å². The Labute approximate surface area is 649 Å². The van der Waals surface area contributed by atoms with Crippen LogP contribution in [-0.2, 0) is 5.41 Å². The maximum absolute atomic E-state index is 10.2. The van der Waals surface area contributed by atoms with Gasteiger partial charge in [0.2, 0.25) is 0 Å². The van der Waals surface area contributed by atoms with E-state index in [0.717, 1.165) is 38.9 Å². The van der Waals surface area contributed by atoms with E-state index < -0.39 is 145 Å². The van der Waals surface area contributed by atoms with Gasteiger partial charge in [0.25, 0.3) is 6.71 Å². The van der Waals surface area contributed by atoms with Crippen LogP contribution in [0.25, 0.3) is 111 Å². The quantitative estimate of drug-likeness (QED) is 0.114. The molecule has 500 valence electrons. The maximum atomic E-state index is 10.2. The Balaban J connectivity index is 0.992. The molecule has 0 unspecified atom stereocenters. The molecule has 0 spiro atoms. The van der Waals surface area contributed by atoms with Crippen LogP contribution in [-0.4, -0.2) is 15.8 Å². The van der Waals surface area contributed by atoms with Crippen molar-refractivity contribution in [3.8, 4) is 67.0 Å². The van der Waals surface area contributed by atoms with Gasteiger partial charge in [0, 0.05) is 83.9 Å². The molecule has 20 rings (SSSR count). The summed E-state index contributed by atoms with van der Waals surface area (Å²) in [6, 6.07) is 66.6. The molecule has 0 amide bonds. The van der Waals surface area contributed by atoms with Gasteiger partial charge in [0.15, 0.2) is 0 Å².